The summed E-state index contributed by atoms with van der Waals surface area (Å²) in [7, 11) is 0. The lowest BCUT2D eigenvalue weighted by Crippen LogP contribution is -2.50. The summed E-state index contributed by atoms with van der Waals surface area (Å²) in [5.74, 6) is 0.857. The molecule has 114 valence electrons. The van der Waals surface area contributed by atoms with Crippen LogP contribution >= 0.6 is 0 Å². The van der Waals surface area contributed by atoms with E-state index < -0.39 is 5.54 Å². The van der Waals surface area contributed by atoms with Gasteiger partial charge < -0.3 is 15.2 Å². The summed E-state index contributed by atoms with van der Waals surface area (Å²) in [4.78, 5) is 0. The Morgan fingerprint density at radius 2 is 1.90 bits per heavy atom. The number of benzene rings is 1. The predicted octanol–water partition coefficient (Wildman–Crippen LogP) is 3.11. The van der Waals surface area contributed by atoms with Crippen LogP contribution in [0.5, 0.6) is 5.75 Å². The zero-order valence-electron chi connectivity index (χ0n) is 13.5. The van der Waals surface area contributed by atoms with E-state index in [0.717, 1.165) is 18.7 Å². The fourth-order valence-electron chi connectivity index (χ4n) is 1.87. The van der Waals surface area contributed by atoms with Gasteiger partial charge in [-0.2, -0.15) is 0 Å². The second-order valence-electron chi connectivity index (χ2n) is 6.71. The van der Waals surface area contributed by atoms with E-state index in [1.165, 1.54) is 5.56 Å². The molecule has 0 aliphatic rings. The van der Waals surface area contributed by atoms with E-state index in [-0.39, 0.29) is 12.0 Å². The van der Waals surface area contributed by atoms with Crippen LogP contribution in [0, 0.1) is 0 Å². The topological polar surface area (TPSA) is 41.5 Å². The molecule has 1 aromatic carbocycles. The summed E-state index contributed by atoms with van der Waals surface area (Å²) >= 11 is 0. The maximum atomic E-state index is 9.53. The third-order valence-corrected chi connectivity index (χ3v) is 3.41. The zero-order chi connectivity index (χ0) is 15.2. The molecule has 0 aliphatic carbocycles. The molecule has 1 unspecified atom stereocenters. The summed E-state index contributed by atoms with van der Waals surface area (Å²) in [6, 6.07) is 8.18. The Labute approximate surface area is 123 Å². The smallest absolute Gasteiger partial charge is 0.119 e. The Morgan fingerprint density at radius 1 is 1.20 bits per heavy atom. The SMILES string of the molecule is CCCNC(C)(CO)COc1cccc(C(C)(C)C)c1. The molecule has 0 saturated heterocycles. The first kappa shape index (κ1) is 17.0. The molecule has 0 aromatic heterocycles. The van der Waals surface area contributed by atoms with Gasteiger partial charge in [0, 0.05) is 0 Å². The van der Waals surface area contributed by atoms with Crippen molar-refractivity contribution >= 4 is 0 Å². The summed E-state index contributed by atoms with van der Waals surface area (Å²) in [6.45, 7) is 12.0. The lowest BCUT2D eigenvalue weighted by molar-refractivity contribution is 0.116. The highest BCUT2D eigenvalue weighted by Gasteiger charge is 2.23. The molecule has 0 radical (unpaired) electrons. The van der Waals surface area contributed by atoms with Crippen molar-refractivity contribution in [1.82, 2.24) is 5.32 Å². The molecule has 1 atom stereocenters. The lowest BCUT2D eigenvalue weighted by atomic mass is 9.87. The Bertz CT molecular complexity index is 412. The molecule has 1 rings (SSSR count). The molecule has 0 amide bonds. The summed E-state index contributed by atoms with van der Waals surface area (Å²) in [6.07, 6.45) is 1.04. The van der Waals surface area contributed by atoms with E-state index in [1.54, 1.807) is 0 Å². The highest BCUT2D eigenvalue weighted by Crippen LogP contribution is 2.25. The van der Waals surface area contributed by atoms with Gasteiger partial charge in [-0.1, -0.05) is 39.8 Å². The third-order valence-electron chi connectivity index (χ3n) is 3.41. The standard InChI is InChI=1S/C17H29NO2/c1-6-10-18-17(5,12-19)13-20-15-9-7-8-14(11-15)16(2,3)4/h7-9,11,18-19H,6,10,12-13H2,1-5H3. The van der Waals surface area contributed by atoms with Gasteiger partial charge in [-0.05, 0) is 43.0 Å². The monoisotopic (exact) mass is 279 g/mol. The Balaban J connectivity index is 2.69. The second kappa shape index (κ2) is 7.09. The van der Waals surface area contributed by atoms with E-state index in [1.807, 2.05) is 19.1 Å². The molecule has 0 heterocycles. The summed E-state index contributed by atoms with van der Waals surface area (Å²) in [5.41, 5.74) is 0.968. The largest absolute Gasteiger partial charge is 0.492 e. The number of hydrogen-bond acceptors (Lipinski definition) is 3. The maximum absolute atomic E-state index is 9.53. The molecule has 1 aromatic rings. The number of nitrogens with one attached hydrogen (secondary N) is 1. The average molecular weight is 279 g/mol. The van der Waals surface area contributed by atoms with Crippen LogP contribution in [0.25, 0.3) is 0 Å². The number of rotatable bonds is 7. The molecule has 20 heavy (non-hydrogen) atoms. The van der Waals surface area contributed by atoms with Crippen LogP contribution in [0.2, 0.25) is 0 Å². The number of ether oxygens (including phenoxy) is 1. The molecule has 0 bridgehead atoms. The van der Waals surface area contributed by atoms with Gasteiger partial charge in [-0.15, -0.1) is 0 Å². The van der Waals surface area contributed by atoms with Gasteiger partial charge in [0.05, 0.1) is 12.1 Å². The van der Waals surface area contributed by atoms with Gasteiger partial charge in [-0.3, -0.25) is 0 Å². The van der Waals surface area contributed by atoms with Gasteiger partial charge in [-0.25, -0.2) is 0 Å². The highest BCUT2D eigenvalue weighted by atomic mass is 16.5. The van der Waals surface area contributed by atoms with Crippen molar-refractivity contribution in [2.75, 3.05) is 19.8 Å². The molecule has 0 saturated carbocycles. The molecule has 3 nitrogen and oxygen atoms in total. The second-order valence-corrected chi connectivity index (χ2v) is 6.71. The van der Waals surface area contributed by atoms with Crippen LogP contribution < -0.4 is 10.1 Å². The zero-order valence-corrected chi connectivity index (χ0v) is 13.5. The molecule has 0 aliphatic heterocycles. The third kappa shape index (κ3) is 5.14. The Hall–Kier alpha value is -1.06. The van der Waals surface area contributed by atoms with E-state index in [9.17, 15) is 5.11 Å². The predicted molar refractivity (Wildman–Crippen MR) is 84.4 cm³/mol. The fourth-order valence-corrected chi connectivity index (χ4v) is 1.87. The van der Waals surface area contributed by atoms with Crippen LogP contribution in [0.4, 0.5) is 0 Å². The van der Waals surface area contributed by atoms with Gasteiger partial charge in [0.1, 0.15) is 12.4 Å². The van der Waals surface area contributed by atoms with Crippen molar-refractivity contribution in [2.24, 2.45) is 0 Å². The molecule has 0 fully saturated rings. The molecule has 2 N–H and O–H groups in total. The van der Waals surface area contributed by atoms with E-state index in [4.69, 9.17) is 4.74 Å². The minimum Gasteiger partial charge on any atom is -0.492 e. The quantitative estimate of drug-likeness (QED) is 0.806. The number of aliphatic hydroxyl groups is 1. The van der Waals surface area contributed by atoms with E-state index >= 15 is 0 Å². The number of aliphatic hydroxyl groups excluding tert-OH is 1. The first-order valence-electron chi connectivity index (χ1n) is 7.40. The average Bonchev–Trinajstić information content (AvgIpc) is 2.42. The van der Waals surface area contributed by atoms with Crippen molar-refractivity contribution < 1.29 is 9.84 Å². The van der Waals surface area contributed by atoms with Crippen molar-refractivity contribution in [3.05, 3.63) is 29.8 Å². The minimum atomic E-state index is -0.395. The van der Waals surface area contributed by atoms with Gasteiger partial charge in [0.25, 0.3) is 0 Å². The summed E-state index contributed by atoms with van der Waals surface area (Å²) in [5, 5.41) is 12.9. The van der Waals surface area contributed by atoms with Crippen molar-refractivity contribution in [1.29, 1.82) is 0 Å². The van der Waals surface area contributed by atoms with Crippen LogP contribution in [-0.2, 0) is 5.41 Å². The van der Waals surface area contributed by atoms with Gasteiger partial charge in [0.15, 0.2) is 0 Å². The van der Waals surface area contributed by atoms with Crippen LogP contribution in [0.1, 0.15) is 46.6 Å². The van der Waals surface area contributed by atoms with E-state index in [2.05, 4.69) is 45.1 Å². The first-order valence-corrected chi connectivity index (χ1v) is 7.40. The minimum absolute atomic E-state index is 0.0615. The van der Waals surface area contributed by atoms with Crippen molar-refractivity contribution in [3.8, 4) is 5.75 Å². The fraction of sp³-hybridized carbons (Fsp3) is 0.647. The summed E-state index contributed by atoms with van der Waals surface area (Å²) < 4.78 is 5.87. The Kier molecular flexibility index (Phi) is 6.03. The Morgan fingerprint density at radius 3 is 2.45 bits per heavy atom. The first-order chi connectivity index (χ1) is 9.30. The molecule has 0 spiro atoms. The van der Waals surface area contributed by atoms with Crippen molar-refractivity contribution in [2.45, 2.75) is 52.0 Å². The highest BCUT2D eigenvalue weighted by molar-refractivity contribution is 5.32. The normalized spacial score (nSPS) is 14.9. The van der Waals surface area contributed by atoms with Crippen LogP contribution in [0.15, 0.2) is 24.3 Å². The molecular weight excluding hydrogens is 250 g/mol. The van der Waals surface area contributed by atoms with Gasteiger partial charge >= 0.3 is 0 Å². The van der Waals surface area contributed by atoms with Crippen LogP contribution in [-0.4, -0.2) is 30.4 Å². The van der Waals surface area contributed by atoms with Crippen LogP contribution in [0.3, 0.4) is 0 Å². The number of hydrogen-bond donors (Lipinski definition) is 2. The lowest BCUT2D eigenvalue weighted by Gasteiger charge is -2.29. The maximum Gasteiger partial charge on any atom is 0.119 e. The molecule has 3 heteroatoms. The molecular formula is C17H29NO2. The van der Waals surface area contributed by atoms with Crippen molar-refractivity contribution in [3.63, 3.8) is 0 Å². The van der Waals surface area contributed by atoms with E-state index in [0.29, 0.717) is 6.61 Å². The van der Waals surface area contributed by atoms with Gasteiger partial charge in [0.2, 0.25) is 0 Å².